The molecular weight excluding hydrogens is 431 g/mol. The van der Waals surface area contributed by atoms with E-state index in [0.717, 1.165) is 28.9 Å². The van der Waals surface area contributed by atoms with Crippen LogP contribution in [0.3, 0.4) is 0 Å². The van der Waals surface area contributed by atoms with Crippen LogP contribution in [0.15, 0.2) is 12.1 Å². The highest BCUT2D eigenvalue weighted by Gasteiger charge is 2.42. The molecule has 1 fully saturated rings. The number of nitriles is 2. The Morgan fingerprint density at radius 3 is 2.75 bits per heavy atom. The molecule has 4 rings (SSSR count). The number of halogens is 2. The Labute approximate surface area is 191 Å². The first-order chi connectivity index (χ1) is 15.3. The zero-order valence-electron chi connectivity index (χ0n) is 18.1. The van der Waals surface area contributed by atoms with Crippen molar-refractivity contribution in [1.82, 2.24) is 14.9 Å². The first-order valence-corrected chi connectivity index (χ1v) is 10.9. The van der Waals surface area contributed by atoms with E-state index in [1.165, 1.54) is 0 Å². The van der Waals surface area contributed by atoms with Crippen molar-refractivity contribution in [2.75, 3.05) is 18.4 Å². The molecule has 2 aliphatic rings. The quantitative estimate of drug-likeness (QED) is 0.518. The molecule has 0 aromatic carbocycles. The molecule has 1 saturated carbocycles. The van der Waals surface area contributed by atoms with Gasteiger partial charge in [-0.05, 0) is 31.4 Å². The van der Waals surface area contributed by atoms with Crippen molar-refractivity contribution in [2.45, 2.75) is 58.0 Å². The molecule has 1 aliphatic carbocycles. The van der Waals surface area contributed by atoms with Crippen LogP contribution in [0.2, 0.25) is 5.15 Å². The van der Waals surface area contributed by atoms with Crippen molar-refractivity contribution in [3.05, 3.63) is 45.2 Å². The normalized spacial score (nSPS) is 22.2. The highest BCUT2D eigenvalue weighted by atomic mass is 35.5. The number of fused-ring (bicyclic) bond motifs is 1. The first kappa shape index (κ1) is 22.3. The molecule has 9 heteroatoms. The molecule has 1 aliphatic heterocycles. The Hall–Kier alpha value is -2.94. The molecule has 0 spiro atoms. The summed E-state index contributed by atoms with van der Waals surface area (Å²) in [5, 5.41) is 21.6. The highest BCUT2D eigenvalue weighted by molar-refractivity contribution is 6.30. The number of hydrogen-bond acceptors (Lipinski definition) is 7. The number of nitrogens with zero attached hydrogens (tertiary/aromatic N) is 5. The lowest BCUT2D eigenvalue weighted by Crippen LogP contribution is -2.44. The van der Waals surface area contributed by atoms with Crippen LogP contribution < -0.4 is 10.1 Å². The summed E-state index contributed by atoms with van der Waals surface area (Å²) in [7, 11) is 0. The Morgan fingerprint density at radius 1 is 1.31 bits per heavy atom. The lowest BCUT2D eigenvalue weighted by Gasteiger charge is -2.38. The minimum Gasteiger partial charge on any atom is -0.474 e. The molecule has 0 atom stereocenters. The number of aromatic nitrogens is 2. The Morgan fingerprint density at radius 2 is 2.09 bits per heavy atom. The number of aryl methyl sites for hydroxylation is 1. The third-order valence-electron chi connectivity index (χ3n) is 6.03. The number of rotatable bonds is 6. The summed E-state index contributed by atoms with van der Waals surface area (Å²) in [4.78, 5) is 11.1. The van der Waals surface area contributed by atoms with Gasteiger partial charge in [0.2, 0.25) is 5.88 Å². The van der Waals surface area contributed by atoms with Gasteiger partial charge in [0.15, 0.2) is 0 Å². The summed E-state index contributed by atoms with van der Waals surface area (Å²) in [6.45, 7) is 5.64. The number of alkyl halides is 1. The Kier molecular flexibility index (Phi) is 6.19. The largest absolute Gasteiger partial charge is 0.474 e. The predicted octanol–water partition coefficient (Wildman–Crippen LogP) is 4.07. The molecule has 0 unspecified atom stereocenters. The van der Waals surface area contributed by atoms with Crippen LogP contribution in [-0.4, -0.2) is 39.7 Å². The van der Waals surface area contributed by atoms with Crippen LogP contribution in [0, 0.1) is 29.6 Å². The molecule has 32 heavy (non-hydrogen) atoms. The Bertz CT molecular complexity index is 1110. The SMILES string of the molecule is Cc1nc(OC2CC(C)(F)C2)ccc1CN1CCc2c(NCC#N)nc(Cl)c(C#N)c2C1. The predicted molar refractivity (Wildman–Crippen MR) is 118 cm³/mol. The molecule has 7 nitrogen and oxygen atoms in total. The van der Waals surface area contributed by atoms with Gasteiger partial charge in [-0.1, -0.05) is 17.7 Å². The molecule has 1 N–H and O–H groups in total. The minimum absolute atomic E-state index is 0.118. The van der Waals surface area contributed by atoms with Crippen LogP contribution in [0.4, 0.5) is 10.2 Å². The number of nitrogens with one attached hydrogen (secondary N) is 1. The second-order valence-electron chi connectivity index (χ2n) is 8.62. The van der Waals surface area contributed by atoms with Crippen LogP contribution in [0.25, 0.3) is 0 Å². The fourth-order valence-corrected chi connectivity index (χ4v) is 4.60. The van der Waals surface area contributed by atoms with Gasteiger partial charge in [-0.15, -0.1) is 0 Å². The van der Waals surface area contributed by atoms with E-state index in [1.807, 2.05) is 25.1 Å². The van der Waals surface area contributed by atoms with E-state index in [1.54, 1.807) is 6.92 Å². The number of ether oxygens (including phenoxy) is 1. The van der Waals surface area contributed by atoms with Gasteiger partial charge >= 0.3 is 0 Å². The van der Waals surface area contributed by atoms with E-state index < -0.39 is 5.67 Å². The molecule has 0 amide bonds. The van der Waals surface area contributed by atoms with E-state index in [4.69, 9.17) is 21.6 Å². The highest BCUT2D eigenvalue weighted by Crippen LogP contribution is 2.38. The van der Waals surface area contributed by atoms with E-state index in [9.17, 15) is 9.65 Å². The maximum atomic E-state index is 13.7. The minimum atomic E-state index is -1.13. The lowest BCUT2D eigenvalue weighted by atomic mass is 9.81. The van der Waals surface area contributed by atoms with Gasteiger partial charge < -0.3 is 10.1 Å². The van der Waals surface area contributed by atoms with Crippen molar-refractivity contribution < 1.29 is 9.13 Å². The van der Waals surface area contributed by atoms with Crippen molar-refractivity contribution >= 4 is 17.4 Å². The second-order valence-corrected chi connectivity index (χ2v) is 8.98. The zero-order valence-corrected chi connectivity index (χ0v) is 18.8. The van der Waals surface area contributed by atoms with Gasteiger partial charge in [0.25, 0.3) is 0 Å². The van der Waals surface area contributed by atoms with E-state index in [-0.39, 0.29) is 17.8 Å². The molecule has 166 valence electrons. The molecule has 0 saturated heterocycles. The number of hydrogen-bond donors (Lipinski definition) is 1. The average Bonchev–Trinajstić information content (AvgIpc) is 2.72. The van der Waals surface area contributed by atoms with Gasteiger partial charge in [0, 0.05) is 49.8 Å². The third-order valence-corrected chi connectivity index (χ3v) is 6.31. The molecule has 0 bridgehead atoms. The Balaban J connectivity index is 1.48. The van der Waals surface area contributed by atoms with Gasteiger partial charge in [0.1, 0.15) is 35.4 Å². The molecule has 3 heterocycles. The number of pyridine rings is 2. The van der Waals surface area contributed by atoms with E-state index in [2.05, 4.69) is 26.3 Å². The van der Waals surface area contributed by atoms with E-state index >= 15 is 0 Å². The summed E-state index contributed by atoms with van der Waals surface area (Å²) in [6.07, 6.45) is 1.37. The van der Waals surface area contributed by atoms with Crippen LogP contribution in [-0.2, 0) is 19.5 Å². The maximum Gasteiger partial charge on any atom is 0.213 e. The fraction of sp³-hybridized carbons (Fsp3) is 0.478. The van der Waals surface area contributed by atoms with Crippen molar-refractivity contribution in [1.29, 1.82) is 10.5 Å². The fourth-order valence-electron chi connectivity index (χ4n) is 4.36. The van der Waals surface area contributed by atoms with Crippen molar-refractivity contribution in [3.63, 3.8) is 0 Å². The lowest BCUT2D eigenvalue weighted by molar-refractivity contribution is -0.0312. The summed E-state index contributed by atoms with van der Waals surface area (Å²) in [6, 6.07) is 8.04. The van der Waals surface area contributed by atoms with E-state index in [0.29, 0.717) is 49.6 Å². The second kappa shape index (κ2) is 8.90. The smallest absolute Gasteiger partial charge is 0.213 e. The van der Waals surface area contributed by atoms with Crippen LogP contribution in [0.1, 0.15) is 47.7 Å². The molecule has 2 aromatic rings. The zero-order chi connectivity index (χ0) is 22.9. The van der Waals surface area contributed by atoms with Crippen LogP contribution >= 0.6 is 11.6 Å². The van der Waals surface area contributed by atoms with Crippen LogP contribution in [0.5, 0.6) is 5.88 Å². The summed E-state index contributed by atoms with van der Waals surface area (Å²) >= 11 is 6.25. The summed E-state index contributed by atoms with van der Waals surface area (Å²) in [5.74, 6) is 1.10. The molecule has 0 radical (unpaired) electrons. The van der Waals surface area contributed by atoms with Gasteiger partial charge in [-0.25, -0.2) is 14.4 Å². The van der Waals surface area contributed by atoms with Crippen molar-refractivity contribution in [3.8, 4) is 18.0 Å². The molecule has 2 aromatic heterocycles. The average molecular weight is 455 g/mol. The summed E-state index contributed by atoms with van der Waals surface area (Å²) < 4.78 is 19.5. The standard InChI is InChI=1S/C23H24ClFN6O/c1-14-15(3-4-20(29-14)32-16-9-23(2,25)10-16)12-31-8-5-17-19(13-31)18(11-27)21(24)30-22(17)28-7-6-26/h3-4,16H,5,7-10,12-13H2,1-2H3,(H,28,30). The third kappa shape index (κ3) is 4.62. The topological polar surface area (TPSA) is 97.9 Å². The van der Waals surface area contributed by atoms with Gasteiger partial charge in [-0.3, -0.25) is 4.90 Å². The van der Waals surface area contributed by atoms with Gasteiger partial charge in [0.05, 0.1) is 11.6 Å². The monoisotopic (exact) mass is 454 g/mol. The molecular formula is C23H24ClFN6O. The maximum absolute atomic E-state index is 13.7. The summed E-state index contributed by atoms with van der Waals surface area (Å²) in [5.41, 5.74) is 2.97. The first-order valence-electron chi connectivity index (χ1n) is 10.6. The van der Waals surface area contributed by atoms with Crippen molar-refractivity contribution in [2.24, 2.45) is 0 Å². The number of anilines is 1. The van der Waals surface area contributed by atoms with Gasteiger partial charge in [-0.2, -0.15) is 10.5 Å².